The molecular weight excluding hydrogens is 300 g/mol. The first-order chi connectivity index (χ1) is 8.20. The van der Waals surface area contributed by atoms with E-state index >= 15 is 0 Å². The maximum absolute atomic E-state index is 5.62. The number of halogens is 1. The molecule has 0 saturated carbocycles. The molecule has 0 unspecified atom stereocenters. The smallest absolute Gasteiger partial charge is 0.190 e. The van der Waals surface area contributed by atoms with Crippen molar-refractivity contribution in [2.75, 3.05) is 6.54 Å². The summed E-state index contributed by atoms with van der Waals surface area (Å²) < 4.78 is 2.82. The lowest BCUT2D eigenvalue weighted by Gasteiger charge is -2.08. The summed E-state index contributed by atoms with van der Waals surface area (Å²) in [6.45, 7) is 0.647. The minimum Gasteiger partial charge on any atom is -0.330 e. The number of aryl methyl sites for hydroxylation is 1. The Balaban J connectivity index is 2.30. The highest BCUT2D eigenvalue weighted by Gasteiger charge is 2.08. The van der Waals surface area contributed by atoms with Crippen molar-refractivity contribution in [3.05, 3.63) is 34.6 Å². The predicted octanol–water partition coefficient (Wildman–Crippen LogP) is 2.23. The van der Waals surface area contributed by atoms with Crippen LogP contribution >= 0.6 is 27.7 Å². The number of aromatic nitrogens is 3. The molecule has 1 aromatic heterocycles. The average Bonchev–Trinajstić information content (AvgIpc) is 2.69. The maximum Gasteiger partial charge on any atom is 0.190 e. The predicted molar refractivity (Wildman–Crippen MR) is 72.0 cm³/mol. The molecule has 1 heterocycles. The zero-order valence-electron chi connectivity index (χ0n) is 9.43. The molecule has 17 heavy (non-hydrogen) atoms. The lowest BCUT2D eigenvalue weighted by molar-refractivity contribution is 0.685. The summed E-state index contributed by atoms with van der Waals surface area (Å²) in [4.78, 5) is 5.38. The first kappa shape index (κ1) is 12.6. The molecule has 2 rings (SSSR count). The molecule has 0 radical (unpaired) electrons. The van der Waals surface area contributed by atoms with Crippen LogP contribution in [-0.4, -0.2) is 21.3 Å². The largest absolute Gasteiger partial charge is 0.330 e. The van der Waals surface area contributed by atoms with Crippen molar-refractivity contribution in [1.82, 2.24) is 14.8 Å². The molecule has 1 aromatic carbocycles. The van der Waals surface area contributed by atoms with E-state index in [0.717, 1.165) is 16.0 Å². The van der Waals surface area contributed by atoms with Gasteiger partial charge in [0, 0.05) is 16.4 Å². The SMILES string of the molecule is Cn1ncnc1Sc1cc(Br)ccc1CCN. The first-order valence-corrected chi connectivity index (χ1v) is 6.82. The van der Waals surface area contributed by atoms with E-state index in [1.165, 1.54) is 10.5 Å². The van der Waals surface area contributed by atoms with Crippen LogP contribution in [0.5, 0.6) is 0 Å². The Morgan fingerprint density at radius 2 is 2.29 bits per heavy atom. The standard InChI is InChI=1S/C11H13BrN4S/c1-16-11(14-7-15-16)17-10-6-9(12)3-2-8(10)4-5-13/h2-3,6-7H,4-5,13H2,1H3. The summed E-state index contributed by atoms with van der Waals surface area (Å²) in [6, 6.07) is 6.21. The van der Waals surface area contributed by atoms with Crippen LogP contribution in [0, 0.1) is 0 Å². The fourth-order valence-electron chi connectivity index (χ4n) is 1.46. The fourth-order valence-corrected chi connectivity index (χ4v) is 2.94. The molecule has 0 bridgehead atoms. The zero-order chi connectivity index (χ0) is 12.3. The van der Waals surface area contributed by atoms with Crippen LogP contribution in [0.1, 0.15) is 5.56 Å². The normalized spacial score (nSPS) is 10.8. The van der Waals surface area contributed by atoms with Crippen molar-refractivity contribution in [3.63, 3.8) is 0 Å². The maximum atomic E-state index is 5.62. The Hall–Kier alpha value is -0.850. The van der Waals surface area contributed by atoms with Gasteiger partial charge in [-0.1, -0.05) is 22.0 Å². The summed E-state index contributed by atoms with van der Waals surface area (Å²) in [5.41, 5.74) is 6.86. The van der Waals surface area contributed by atoms with Crippen molar-refractivity contribution in [2.45, 2.75) is 16.5 Å². The molecule has 0 fully saturated rings. The van der Waals surface area contributed by atoms with Gasteiger partial charge in [-0.15, -0.1) is 0 Å². The van der Waals surface area contributed by atoms with Gasteiger partial charge < -0.3 is 5.73 Å². The monoisotopic (exact) mass is 312 g/mol. The van der Waals surface area contributed by atoms with E-state index in [1.807, 2.05) is 13.1 Å². The van der Waals surface area contributed by atoms with E-state index in [1.54, 1.807) is 22.8 Å². The summed E-state index contributed by atoms with van der Waals surface area (Å²) in [5.74, 6) is 0. The highest BCUT2D eigenvalue weighted by molar-refractivity contribution is 9.10. The molecule has 0 amide bonds. The molecule has 0 aliphatic rings. The molecule has 6 heteroatoms. The van der Waals surface area contributed by atoms with Crippen LogP contribution in [0.25, 0.3) is 0 Å². The molecule has 0 aliphatic heterocycles. The minimum absolute atomic E-state index is 0.647. The number of nitrogens with two attached hydrogens (primary N) is 1. The van der Waals surface area contributed by atoms with Crippen LogP contribution in [-0.2, 0) is 13.5 Å². The van der Waals surface area contributed by atoms with Crippen LogP contribution in [0.4, 0.5) is 0 Å². The molecule has 0 aliphatic carbocycles. The van der Waals surface area contributed by atoms with Gasteiger partial charge in [-0.3, -0.25) is 0 Å². The van der Waals surface area contributed by atoms with Gasteiger partial charge >= 0.3 is 0 Å². The lowest BCUT2D eigenvalue weighted by Crippen LogP contribution is -2.04. The number of rotatable bonds is 4. The minimum atomic E-state index is 0.647. The van der Waals surface area contributed by atoms with E-state index in [9.17, 15) is 0 Å². The number of hydrogen-bond acceptors (Lipinski definition) is 4. The van der Waals surface area contributed by atoms with Crippen molar-refractivity contribution >= 4 is 27.7 Å². The third-order valence-electron chi connectivity index (χ3n) is 2.31. The third kappa shape index (κ3) is 3.08. The molecule has 2 N–H and O–H groups in total. The Morgan fingerprint density at radius 1 is 1.47 bits per heavy atom. The van der Waals surface area contributed by atoms with Gasteiger partial charge in [0.25, 0.3) is 0 Å². The van der Waals surface area contributed by atoms with Crippen LogP contribution < -0.4 is 5.73 Å². The number of nitrogens with zero attached hydrogens (tertiary/aromatic N) is 3. The van der Waals surface area contributed by atoms with Crippen LogP contribution in [0.15, 0.2) is 39.1 Å². The van der Waals surface area contributed by atoms with Crippen molar-refractivity contribution in [3.8, 4) is 0 Å². The first-order valence-electron chi connectivity index (χ1n) is 5.21. The van der Waals surface area contributed by atoms with Crippen LogP contribution in [0.2, 0.25) is 0 Å². The summed E-state index contributed by atoms with van der Waals surface area (Å²) in [7, 11) is 1.88. The van der Waals surface area contributed by atoms with Gasteiger partial charge in [-0.25, -0.2) is 9.67 Å². The van der Waals surface area contributed by atoms with Crippen molar-refractivity contribution < 1.29 is 0 Å². The van der Waals surface area contributed by atoms with Gasteiger partial charge in [0.1, 0.15) is 6.33 Å². The highest BCUT2D eigenvalue weighted by Crippen LogP contribution is 2.31. The zero-order valence-corrected chi connectivity index (χ0v) is 11.8. The van der Waals surface area contributed by atoms with E-state index in [0.29, 0.717) is 6.54 Å². The topological polar surface area (TPSA) is 56.7 Å². The van der Waals surface area contributed by atoms with E-state index < -0.39 is 0 Å². The third-order valence-corrected chi connectivity index (χ3v) is 3.96. The lowest BCUT2D eigenvalue weighted by atomic mass is 10.1. The van der Waals surface area contributed by atoms with Gasteiger partial charge in [-0.05, 0) is 42.4 Å². The van der Waals surface area contributed by atoms with E-state index in [2.05, 4.69) is 38.1 Å². The van der Waals surface area contributed by atoms with Crippen molar-refractivity contribution in [1.29, 1.82) is 0 Å². The fraction of sp³-hybridized carbons (Fsp3) is 0.273. The second kappa shape index (κ2) is 5.66. The molecule has 0 spiro atoms. The van der Waals surface area contributed by atoms with Crippen LogP contribution in [0.3, 0.4) is 0 Å². The Kier molecular flexibility index (Phi) is 4.20. The average molecular weight is 313 g/mol. The van der Waals surface area contributed by atoms with Gasteiger partial charge in [-0.2, -0.15) is 5.10 Å². The molecule has 2 aromatic rings. The molecular formula is C11H13BrN4S. The van der Waals surface area contributed by atoms with Gasteiger partial charge in [0.2, 0.25) is 0 Å². The summed E-state index contributed by atoms with van der Waals surface area (Å²) in [5, 5.41) is 4.94. The summed E-state index contributed by atoms with van der Waals surface area (Å²) >= 11 is 5.09. The quantitative estimate of drug-likeness (QED) is 0.940. The molecule has 90 valence electrons. The van der Waals surface area contributed by atoms with Crippen molar-refractivity contribution in [2.24, 2.45) is 12.8 Å². The number of hydrogen-bond donors (Lipinski definition) is 1. The Labute approximate surface area is 113 Å². The van der Waals surface area contributed by atoms with E-state index in [-0.39, 0.29) is 0 Å². The molecule has 4 nitrogen and oxygen atoms in total. The van der Waals surface area contributed by atoms with Gasteiger partial charge in [0.05, 0.1) is 0 Å². The molecule has 0 saturated heterocycles. The number of benzene rings is 1. The highest BCUT2D eigenvalue weighted by atomic mass is 79.9. The summed E-state index contributed by atoms with van der Waals surface area (Å²) in [6.07, 6.45) is 2.43. The van der Waals surface area contributed by atoms with Gasteiger partial charge in [0.15, 0.2) is 5.16 Å². The molecule has 0 atom stereocenters. The second-order valence-electron chi connectivity index (χ2n) is 3.56. The van der Waals surface area contributed by atoms with E-state index in [4.69, 9.17) is 5.73 Å². The Bertz CT molecular complexity index is 512. The second-order valence-corrected chi connectivity index (χ2v) is 5.48. The Morgan fingerprint density at radius 3 is 2.94 bits per heavy atom.